The number of hydrazine groups is 1. The van der Waals surface area contributed by atoms with E-state index in [0.717, 1.165) is 129 Å². The van der Waals surface area contributed by atoms with Crippen molar-refractivity contribution in [3.8, 4) is 11.3 Å². The number of benzene rings is 1. The van der Waals surface area contributed by atoms with Gasteiger partial charge in [0, 0.05) is 80.2 Å². The van der Waals surface area contributed by atoms with Gasteiger partial charge in [-0.1, -0.05) is 114 Å². The summed E-state index contributed by atoms with van der Waals surface area (Å²) in [6.45, 7) is 32.8. The summed E-state index contributed by atoms with van der Waals surface area (Å²) in [7, 11) is 1.71. The van der Waals surface area contributed by atoms with Crippen LogP contribution in [0.1, 0.15) is 207 Å². The molecule has 2 aliphatic heterocycles. The molecule has 1 aliphatic carbocycles. The number of alkyl halides is 3. The third kappa shape index (κ3) is 21.7. The number of ketones is 1. The molecule has 2 amide bonds. The van der Waals surface area contributed by atoms with Crippen molar-refractivity contribution in [2.45, 2.75) is 217 Å². The highest BCUT2D eigenvalue weighted by Crippen LogP contribution is 2.45. The van der Waals surface area contributed by atoms with Crippen molar-refractivity contribution in [1.29, 1.82) is 0 Å². The van der Waals surface area contributed by atoms with Gasteiger partial charge in [0.15, 0.2) is 0 Å². The quantitative estimate of drug-likeness (QED) is 0.0739. The van der Waals surface area contributed by atoms with Crippen LogP contribution in [0, 0.1) is 41.9 Å². The van der Waals surface area contributed by atoms with Crippen molar-refractivity contribution in [3.63, 3.8) is 0 Å². The fourth-order valence-corrected chi connectivity index (χ4v) is 12.5. The van der Waals surface area contributed by atoms with Crippen LogP contribution in [-0.4, -0.2) is 114 Å². The number of methoxy groups -OCH3 is 1. The van der Waals surface area contributed by atoms with E-state index >= 15 is 0 Å². The van der Waals surface area contributed by atoms with E-state index in [1.165, 1.54) is 22.5 Å². The lowest BCUT2D eigenvalue weighted by Crippen LogP contribution is -2.63. The summed E-state index contributed by atoms with van der Waals surface area (Å²) < 4.78 is 50.2. The molecule has 2 N–H and O–H groups in total. The number of Topliss-reactive ketones (excluding diaryl/α,β-unsaturated/α-hetero) is 1. The van der Waals surface area contributed by atoms with Gasteiger partial charge < -0.3 is 19.5 Å². The van der Waals surface area contributed by atoms with Crippen LogP contribution in [0.5, 0.6) is 0 Å². The van der Waals surface area contributed by atoms with Gasteiger partial charge in [0.05, 0.1) is 47.4 Å². The minimum Gasteiger partial charge on any atom is -0.467 e. The summed E-state index contributed by atoms with van der Waals surface area (Å²) in [5, 5.41) is 7.95. The molecule has 6 unspecified atom stereocenters. The number of allylic oxidation sites excluding steroid dienone is 2. The number of aryl methyl sites for hydroxylation is 1. The molecule has 7 atom stereocenters. The van der Waals surface area contributed by atoms with Crippen molar-refractivity contribution in [2.24, 2.45) is 35.0 Å². The van der Waals surface area contributed by atoms with Crippen LogP contribution in [0.25, 0.3) is 22.4 Å². The number of hydrogen-bond donors (Lipinski definition) is 2. The smallest absolute Gasteiger partial charge is 0.388 e. The van der Waals surface area contributed by atoms with Gasteiger partial charge in [0.2, 0.25) is 5.91 Å². The zero-order valence-corrected chi connectivity index (χ0v) is 53.9. The van der Waals surface area contributed by atoms with Gasteiger partial charge in [-0.3, -0.25) is 34.1 Å². The summed E-state index contributed by atoms with van der Waals surface area (Å²) in [6.07, 6.45) is 8.89. The molecular weight excluding hydrogens is 1080 g/mol. The lowest BCUT2D eigenvalue weighted by atomic mass is 9.76. The van der Waals surface area contributed by atoms with E-state index in [0.29, 0.717) is 50.2 Å². The van der Waals surface area contributed by atoms with Gasteiger partial charge in [0.1, 0.15) is 11.8 Å². The summed E-state index contributed by atoms with van der Waals surface area (Å²) in [5.74, 6) is 1.95. The second-order valence-corrected chi connectivity index (χ2v) is 25.9. The van der Waals surface area contributed by atoms with E-state index < -0.39 is 18.6 Å². The van der Waals surface area contributed by atoms with Crippen molar-refractivity contribution in [3.05, 3.63) is 69.3 Å². The van der Waals surface area contributed by atoms with Crippen LogP contribution >= 0.6 is 11.3 Å². The van der Waals surface area contributed by atoms with Gasteiger partial charge in [-0.05, 0) is 137 Å². The van der Waals surface area contributed by atoms with Gasteiger partial charge in [-0.2, -0.15) is 13.2 Å². The number of halogens is 3. The van der Waals surface area contributed by atoms with E-state index in [2.05, 4.69) is 115 Å². The molecule has 17 heteroatoms. The van der Waals surface area contributed by atoms with E-state index in [1.54, 1.807) is 19.0 Å². The van der Waals surface area contributed by atoms with Crippen molar-refractivity contribution >= 4 is 46.6 Å². The monoisotopic (exact) mass is 1180 g/mol. The first-order chi connectivity index (χ1) is 39.3. The Bertz CT molecular complexity index is 2520. The Morgan fingerprint density at radius 1 is 0.964 bits per heavy atom. The van der Waals surface area contributed by atoms with Crippen LogP contribution < -0.4 is 10.7 Å². The minimum atomic E-state index is -3.96. The molecule has 1 aromatic carbocycles. The second kappa shape index (κ2) is 34.0. The van der Waals surface area contributed by atoms with Gasteiger partial charge in [0.25, 0.3) is 12.4 Å². The zero-order chi connectivity index (χ0) is 61.7. The predicted molar refractivity (Wildman–Crippen MR) is 329 cm³/mol. The molecule has 1 saturated carbocycles. The highest BCUT2D eigenvalue weighted by molar-refractivity contribution is 7.10. The fraction of sp³-hybridized carbons (Fsp3) is 0.697. The maximum Gasteiger partial charge on any atom is 0.388 e. The molecule has 3 aliphatic rings. The fourth-order valence-electron chi connectivity index (χ4n) is 11.7. The van der Waals surface area contributed by atoms with Crippen molar-refractivity contribution in [1.82, 2.24) is 30.6 Å². The molecule has 0 bridgehead atoms. The number of hydrogen-bond acceptors (Lipinski definition) is 12. The normalized spacial score (nSPS) is 19.7. The summed E-state index contributed by atoms with van der Waals surface area (Å²) in [4.78, 5) is 64.2. The van der Waals surface area contributed by atoms with E-state index in [1.807, 2.05) is 26.1 Å². The molecule has 13 nitrogen and oxygen atoms in total. The lowest BCUT2D eigenvalue weighted by molar-refractivity contribution is -0.152. The summed E-state index contributed by atoms with van der Waals surface area (Å²) >= 11 is 1.53. The van der Waals surface area contributed by atoms with E-state index in [4.69, 9.17) is 24.2 Å². The van der Waals surface area contributed by atoms with Crippen LogP contribution in [0.2, 0.25) is 0 Å². The third-order valence-corrected chi connectivity index (χ3v) is 17.9. The molecule has 6 rings (SSSR count). The number of nitrogens with zero attached hydrogens (tertiary/aromatic N) is 4. The van der Waals surface area contributed by atoms with Crippen LogP contribution in [0.4, 0.5) is 13.2 Å². The molecule has 3 fully saturated rings. The molecule has 4 heterocycles. The Labute approximate surface area is 500 Å². The van der Waals surface area contributed by atoms with E-state index in [-0.39, 0.29) is 65.8 Å². The average molecular weight is 1180 g/mol. The Morgan fingerprint density at radius 2 is 1.66 bits per heavy atom. The highest BCUT2D eigenvalue weighted by Gasteiger charge is 2.44. The molecule has 83 heavy (non-hydrogen) atoms. The van der Waals surface area contributed by atoms with Gasteiger partial charge >= 0.3 is 6.18 Å². The molecule has 466 valence electrons. The zero-order valence-electron chi connectivity index (χ0n) is 53.1. The van der Waals surface area contributed by atoms with Crippen molar-refractivity contribution in [2.75, 3.05) is 46.5 Å². The number of nitrogens with one attached hydrogen (secondary N) is 2. The van der Waals surface area contributed by atoms with E-state index in [9.17, 15) is 32.3 Å². The first-order valence-corrected chi connectivity index (χ1v) is 31.8. The number of amides is 2. The number of thiazole rings is 1. The molecule has 3 aromatic rings. The Hall–Kier alpha value is -4.55. The first-order valence-electron chi connectivity index (χ1n) is 30.9. The number of carbonyl (C=O) groups excluding carboxylic acids is 4. The number of carbonyl (C=O) groups is 4. The van der Waals surface area contributed by atoms with Crippen LogP contribution in [-0.2, 0) is 39.8 Å². The number of aromatic nitrogens is 2. The summed E-state index contributed by atoms with van der Waals surface area (Å²) in [5.41, 5.74) is 10.9. The molecule has 0 spiro atoms. The lowest BCUT2D eigenvalue weighted by Gasteiger charge is -2.47. The molecular formula is C66H103F3N6O7S. The van der Waals surface area contributed by atoms with Crippen molar-refractivity contribution < 1.29 is 46.6 Å². The maximum atomic E-state index is 15.0. The van der Waals surface area contributed by atoms with Crippen LogP contribution in [0.3, 0.4) is 0 Å². The maximum absolute atomic E-state index is 15.0. The molecule has 2 saturated heterocycles. The number of pyridine rings is 1. The molecule has 2 aromatic heterocycles. The Morgan fingerprint density at radius 3 is 2.23 bits per heavy atom. The topological polar surface area (TPSA) is 152 Å². The largest absolute Gasteiger partial charge is 0.467 e. The third-order valence-electron chi connectivity index (χ3n) is 17.0. The number of ether oxygens (including phenoxy) is 3. The molecule has 0 radical (unpaired) electrons. The van der Waals surface area contributed by atoms with Gasteiger partial charge in [-0.15, -0.1) is 11.3 Å². The summed E-state index contributed by atoms with van der Waals surface area (Å²) in [6, 6.07) is 9.56. The number of rotatable bonds is 26. The standard InChI is InChI=1S/C55H82N6O6S.C8H16O.C3H5F3/c1-11-37(4)31-55(13-3)34-60(27-28-67-55)51(41-19-14-15-20-41)52(63)59-46(53(64)61-26-17-16-25-57-61)30-48-58-47(33-68-48)42-23-22-39(6)44(29-42)45(32-54(8,9)35-66-36-62)49(38(5)12-2)43-21-18-24-56-50(43)40(7)65-10;1-6(2)5-7(3)8(4)9;1-2-3(4,5)6/h18,21-24,29,33,36-38,40-41,46,51,57H,11-17,19-20,25-28,30-32,34-35H2,1-10H3,(H,59,63);6-7H,5H2,1-4H3;2H2,1H3/b49-45+;;/t37?,38-,40?,46?,51?,55?;;/m1../s1. The first kappa shape index (κ1) is 70.9. The second-order valence-electron chi connectivity index (χ2n) is 25.0. The Balaban J connectivity index is 0.000000867. The predicted octanol–water partition coefficient (Wildman–Crippen LogP) is 14.6. The number of morpholine rings is 1. The highest BCUT2D eigenvalue weighted by atomic mass is 32.1. The Kier molecular flexibility index (Phi) is 29.0. The minimum absolute atomic E-state index is 0.0581. The average Bonchev–Trinajstić information content (AvgIpc) is 3.19. The van der Waals surface area contributed by atoms with Gasteiger partial charge in [-0.25, -0.2) is 10.4 Å². The van der Waals surface area contributed by atoms with Crippen LogP contribution in [0.15, 0.2) is 41.9 Å². The SMILES string of the molecule is CC(=O)C(C)CC(C)C.CCC(C)CC1(CC)CN(C(C(=O)NC(Cc2nc(-c3ccc(C)c(/C(CC(C)(C)COC=O)=C(/c4cccnc4C(C)OC)[C@H](C)CC)c3)cs2)C(=O)N2CCCCN2)C2CCCC2)CCO1.CCC(F)(F)F.